The van der Waals surface area contributed by atoms with Gasteiger partial charge in [-0.1, -0.05) is 28.9 Å². The van der Waals surface area contributed by atoms with E-state index in [4.69, 9.17) is 26.6 Å². The molecule has 3 fully saturated rings. The lowest BCUT2D eigenvalue weighted by molar-refractivity contribution is -0.115. The first-order valence-electron chi connectivity index (χ1n) is 12.9. The topological polar surface area (TPSA) is 149 Å². The Hall–Kier alpha value is -3.97. The lowest BCUT2D eigenvalue weighted by Gasteiger charge is -2.53. The van der Waals surface area contributed by atoms with Gasteiger partial charge in [-0.05, 0) is 55.5 Å². The molecule has 2 aromatic carbocycles. The molecular formula is C27H25ClFN5O6S. The highest BCUT2D eigenvalue weighted by molar-refractivity contribution is 7.94. The normalized spacial score (nSPS) is 22.9. The second-order valence-corrected chi connectivity index (χ2v) is 12.7. The molecule has 4 aliphatic rings. The number of nitrogens with two attached hydrogens (primary N) is 1. The number of amides is 2. The van der Waals surface area contributed by atoms with Gasteiger partial charge < -0.3 is 24.8 Å². The van der Waals surface area contributed by atoms with E-state index in [1.807, 2.05) is 0 Å². The van der Waals surface area contributed by atoms with E-state index >= 15 is 4.39 Å². The van der Waals surface area contributed by atoms with Crippen molar-refractivity contribution in [3.8, 4) is 11.4 Å². The lowest BCUT2D eigenvalue weighted by Crippen LogP contribution is -2.60. The molecule has 41 heavy (non-hydrogen) atoms. The summed E-state index contributed by atoms with van der Waals surface area (Å²) in [5.41, 5.74) is 5.14. The number of rotatable bonds is 5. The van der Waals surface area contributed by atoms with Crippen LogP contribution in [0.1, 0.15) is 31.2 Å². The first-order valence-corrected chi connectivity index (χ1v) is 14.8. The zero-order valence-electron chi connectivity index (χ0n) is 21.8. The van der Waals surface area contributed by atoms with Gasteiger partial charge in [-0.3, -0.25) is 4.79 Å². The Morgan fingerprint density at radius 3 is 2.71 bits per heavy atom. The standard InChI is InChI=1S/C27H25ClFN5O6S/c1-2-39-26(36)33-11-16-9-27(10-16,14-33)25-31-23(32-40-25)18-7-21-22(8-19(18)29)41(37,38)13-20(30)24(35)34(21)12-15-3-5-17(28)6-4-15/h3-8,13,16H,2,9-12,14,30H2,1H3. The van der Waals surface area contributed by atoms with Crippen molar-refractivity contribution in [2.24, 2.45) is 11.7 Å². The van der Waals surface area contributed by atoms with Gasteiger partial charge in [0, 0.05) is 18.1 Å². The Bertz CT molecular complexity index is 1700. The van der Waals surface area contributed by atoms with Crippen LogP contribution >= 0.6 is 11.6 Å². The maximum atomic E-state index is 15.5. The van der Waals surface area contributed by atoms with Crippen LogP contribution in [-0.2, 0) is 31.3 Å². The molecule has 2 saturated heterocycles. The van der Waals surface area contributed by atoms with E-state index in [1.54, 1.807) is 36.1 Å². The monoisotopic (exact) mass is 601 g/mol. The smallest absolute Gasteiger partial charge is 0.409 e. The van der Waals surface area contributed by atoms with Gasteiger partial charge in [-0.2, -0.15) is 4.98 Å². The van der Waals surface area contributed by atoms with Gasteiger partial charge in [0.2, 0.25) is 21.6 Å². The van der Waals surface area contributed by atoms with Gasteiger partial charge in [-0.15, -0.1) is 0 Å². The van der Waals surface area contributed by atoms with Gasteiger partial charge in [-0.25, -0.2) is 17.6 Å². The Morgan fingerprint density at radius 1 is 1.27 bits per heavy atom. The van der Waals surface area contributed by atoms with Crippen LogP contribution in [-0.4, -0.2) is 55.2 Å². The van der Waals surface area contributed by atoms with Crippen molar-refractivity contribution in [2.45, 2.75) is 36.6 Å². The molecule has 11 nitrogen and oxygen atoms in total. The average molecular weight is 602 g/mol. The summed E-state index contributed by atoms with van der Waals surface area (Å²) in [6.07, 6.45) is 1.03. The zero-order chi connectivity index (χ0) is 29.1. The van der Waals surface area contributed by atoms with E-state index in [0.717, 1.165) is 23.8 Å². The first-order chi connectivity index (χ1) is 19.5. The molecule has 14 heteroatoms. The van der Waals surface area contributed by atoms with Crippen molar-refractivity contribution in [1.29, 1.82) is 0 Å². The van der Waals surface area contributed by atoms with E-state index in [-0.39, 0.29) is 42.0 Å². The second-order valence-electron chi connectivity index (χ2n) is 10.5. The third-order valence-electron chi connectivity index (χ3n) is 7.65. The van der Waals surface area contributed by atoms with Gasteiger partial charge in [0.15, 0.2) is 0 Å². The number of hydrogen-bond donors (Lipinski definition) is 1. The highest BCUT2D eigenvalue weighted by Crippen LogP contribution is 2.52. The zero-order valence-corrected chi connectivity index (χ0v) is 23.4. The minimum absolute atomic E-state index is 0.0657. The van der Waals surface area contributed by atoms with Crippen molar-refractivity contribution in [3.05, 3.63) is 69.8 Å². The highest BCUT2D eigenvalue weighted by atomic mass is 35.5. The minimum Gasteiger partial charge on any atom is -0.450 e. The fourth-order valence-electron chi connectivity index (χ4n) is 5.82. The molecule has 214 valence electrons. The fourth-order valence-corrected chi connectivity index (χ4v) is 7.24. The van der Waals surface area contributed by atoms with Crippen LogP contribution in [0.3, 0.4) is 0 Å². The Balaban J connectivity index is 1.39. The van der Waals surface area contributed by atoms with Crippen molar-refractivity contribution in [3.63, 3.8) is 0 Å². The number of halogens is 2. The van der Waals surface area contributed by atoms with Crippen molar-refractivity contribution < 1.29 is 31.7 Å². The number of aromatic nitrogens is 2. The van der Waals surface area contributed by atoms with Crippen LogP contribution in [0.5, 0.6) is 0 Å². The molecule has 0 radical (unpaired) electrons. The van der Waals surface area contributed by atoms with E-state index in [9.17, 15) is 18.0 Å². The number of fused-ring (bicyclic) bond motifs is 3. The Labute approximate surface area is 239 Å². The number of anilines is 1. The molecular weight excluding hydrogens is 577 g/mol. The molecule has 1 aromatic heterocycles. The Morgan fingerprint density at radius 2 is 2.00 bits per heavy atom. The van der Waals surface area contributed by atoms with E-state index in [1.165, 1.54) is 6.07 Å². The number of benzene rings is 2. The van der Waals surface area contributed by atoms with Gasteiger partial charge in [0.05, 0.1) is 40.1 Å². The lowest BCUT2D eigenvalue weighted by atomic mass is 9.58. The van der Waals surface area contributed by atoms with Crippen LogP contribution in [0, 0.1) is 11.7 Å². The molecule has 2 N–H and O–H groups in total. The number of ether oxygens (including phenoxy) is 1. The van der Waals surface area contributed by atoms with E-state index < -0.39 is 43.7 Å². The summed E-state index contributed by atoms with van der Waals surface area (Å²) in [6.45, 7) is 2.82. The molecule has 2 bridgehead atoms. The third kappa shape index (κ3) is 4.72. The van der Waals surface area contributed by atoms with Crippen LogP contribution < -0.4 is 10.6 Å². The molecule has 4 heterocycles. The summed E-state index contributed by atoms with van der Waals surface area (Å²) in [4.78, 5) is 32.4. The van der Waals surface area contributed by atoms with E-state index in [2.05, 4.69) is 10.1 Å². The summed E-state index contributed by atoms with van der Waals surface area (Å²) in [7, 11) is -4.27. The SMILES string of the molecule is CCOC(=O)N1CC2CC(c3nc(-c4cc5c(cc4F)S(=O)(=O)C=C(N)C(=O)N5Cc4ccc(Cl)cc4)no3)(C2)C1. The quantitative estimate of drug-likeness (QED) is 0.461. The van der Waals surface area contributed by atoms with Crippen LogP contribution in [0.15, 0.2) is 56.9 Å². The average Bonchev–Trinajstić information content (AvgIpc) is 3.40. The second kappa shape index (κ2) is 9.84. The number of sulfone groups is 1. The van der Waals surface area contributed by atoms with Crippen LogP contribution in [0.2, 0.25) is 5.02 Å². The first kappa shape index (κ1) is 27.2. The molecule has 0 spiro atoms. The number of piperidine rings is 2. The Kier molecular flexibility index (Phi) is 6.53. The highest BCUT2D eigenvalue weighted by Gasteiger charge is 2.56. The summed E-state index contributed by atoms with van der Waals surface area (Å²) in [6, 6.07) is 8.66. The molecule has 1 aliphatic carbocycles. The summed E-state index contributed by atoms with van der Waals surface area (Å²) >= 11 is 5.99. The maximum absolute atomic E-state index is 15.5. The summed E-state index contributed by atoms with van der Waals surface area (Å²) in [5.74, 6) is -1.31. The molecule has 3 aromatic rings. The summed E-state index contributed by atoms with van der Waals surface area (Å²) < 4.78 is 52.4. The molecule has 1 saturated carbocycles. The number of hydrogen-bond acceptors (Lipinski definition) is 9. The fraction of sp³-hybridized carbons (Fsp3) is 0.333. The molecule has 0 atom stereocenters. The van der Waals surface area contributed by atoms with Gasteiger partial charge in [0.1, 0.15) is 11.5 Å². The number of carbonyl (C=O) groups is 2. The van der Waals surface area contributed by atoms with Crippen molar-refractivity contribution >= 4 is 39.1 Å². The molecule has 7 rings (SSSR count). The van der Waals surface area contributed by atoms with Crippen LogP contribution in [0.25, 0.3) is 11.4 Å². The minimum atomic E-state index is -4.27. The predicted octanol–water partition coefficient (Wildman–Crippen LogP) is 3.77. The number of carbonyl (C=O) groups excluding carboxylic acids is 2. The van der Waals surface area contributed by atoms with Gasteiger partial charge >= 0.3 is 6.09 Å². The van der Waals surface area contributed by atoms with Crippen molar-refractivity contribution in [1.82, 2.24) is 15.0 Å². The third-order valence-corrected chi connectivity index (χ3v) is 9.41. The van der Waals surface area contributed by atoms with Gasteiger partial charge in [0.25, 0.3) is 5.91 Å². The van der Waals surface area contributed by atoms with Crippen molar-refractivity contribution in [2.75, 3.05) is 24.6 Å². The number of nitrogens with zero attached hydrogens (tertiary/aromatic N) is 4. The van der Waals surface area contributed by atoms with E-state index in [0.29, 0.717) is 29.1 Å². The van der Waals surface area contributed by atoms with Crippen LogP contribution in [0.4, 0.5) is 14.9 Å². The largest absolute Gasteiger partial charge is 0.450 e. The summed E-state index contributed by atoms with van der Waals surface area (Å²) in [5, 5.41) is 5.11. The predicted molar refractivity (Wildman–Crippen MR) is 145 cm³/mol. The molecule has 0 unspecified atom stereocenters. The molecule has 2 amide bonds. The molecule has 3 aliphatic heterocycles. The maximum Gasteiger partial charge on any atom is 0.409 e.